The van der Waals surface area contributed by atoms with Gasteiger partial charge in [-0.3, -0.25) is 15.6 Å². The number of amides is 1. The Morgan fingerprint density at radius 3 is 2.62 bits per heavy atom. The molecule has 0 spiro atoms. The smallest absolute Gasteiger partial charge is 0.255 e. The Labute approximate surface area is 132 Å². The maximum absolute atomic E-state index is 12.3. The highest BCUT2D eigenvalue weighted by molar-refractivity contribution is 9.10. The summed E-state index contributed by atoms with van der Waals surface area (Å²) in [7, 11) is 0. The minimum Gasteiger partial charge on any atom is -0.345 e. The Kier molecular flexibility index (Phi) is 4.93. The summed E-state index contributed by atoms with van der Waals surface area (Å²) in [6.07, 6.45) is 1.52. The molecule has 1 atom stereocenters. The summed E-state index contributed by atoms with van der Waals surface area (Å²) in [6, 6.07) is 9.43. The number of pyridine rings is 1. The van der Waals surface area contributed by atoms with Gasteiger partial charge in [-0.25, -0.2) is 0 Å². The molecule has 0 saturated heterocycles. The second-order valence-corrected chi connectivity index (χ2v) is 5.68. The number of nitrogens with one attached hydrogen (secondary N) is 2. The van der Waals surface area contributed by atoms with Crippen molar-refractivity contribution in [3.63, 3.8) is 0 Å². The molecule has 1 unspecified atom stereocenters. The van der Waals surface area contributed by atoms with E-state index in [0.717, 1.165) is 15.7 Å². The van der Waals surface area contributed by atoms with Crippen LogP contribution in [0.3, 0.4) is 0 Å². The second kappa shape index (κ2) is 6.69. The summed E-state index contributed by atoms with van der Waals surface area (Å²) in [5.74, 6) is 5.24. The highest BCUT2D eigenvalue weighted by Crippen LogP contribution is 2.19. The predicted octanol–water partition coefficient (Wildman–Crippen LogP) is 2.93. The molecule has 5 nitrogen and oxygen atoms in total. The van der Waals surface area contributed by atoms with E-state index in [1.54, 1.807) is 6.07 Å². The molecule has 0 bridgehead atoms. The van der Waals surface area contributed by atoms with E-state index >= 15 is 0 Å². The van der Waals surface area contributed by atoms with Gasteiger partial charge in [0.2, 0.25) is 0 Å². The molecule has 0 radical (unpaired) electrons. The van der Waals surface area contributed by atoms with Crippen LogP contribution in [0.25, 0.3) is 0 Å². The van der Waals surface area contributed by atoms with Crippen LogP contribution in [0.2, 0.25) is 0 Å². The number of hydrazine groups is 1. The number of anilines is 1. The Balaban J connectivity index is 2.16. The number of hydrogen-bond donors (Lipinski definition) is 3. The molecule has 21 heavy (non-hydrogen) atoms. The molecule has 4 N–H and O–H groups in total. The van der Waals surface area contributed by atoms with Gasteiger partial charge in [0.25, 0.3) is 5.91 Å². The molecule has 0 aliphatic rings. The quantitative estimate of drug-likeness (QED) is 0.586. The zero-order valence-electron chi connectivity index (χ0n) is 11.9. The van der Waals surface area contributed by atoms with E-state index in [1.165, 1.54) is 6.20 Å². The van der Waals surface area contributed by atoms with Crippen molar-refractivity contribution in [1.29, 1.82) is 0 Å². The minimum atomic E-state index is -0.217. The lowest BCUT2D eigenvalue weighted by molar-refractivity contribution is 0.0940. The molecule has 2 aromatic rings. The van der Waals surface area contributed by atoms with E-state index in [1.807, 2.05) is 38.1 Å². The fraction of sp³-hybridized carbons (Fsp3) is 0.200. The third-order valence-corrected chi connectivity index (χ3v) is 3.69. The van der Waals surface area contributed by atoms with E-state index < -0.39 is 0 Å². The summed E-state index contributed by atoms with van der Waals surface area (Å²) in [5, 5.41) is 2.94. The van der Waals surface area contributed by atoms with Crippen molar-refractivity contribution < 1.29 is 4.79 Å². The Morgan fingerprint density at radius 1 is 1.33 bits per heavy atom. The van der Waals surface area contributed by atoms with Crippen molar-refractivity contribution >= 4 is 27.5 Å². The molecule has 0 saturated carbocycles. The fourth-order valence-electron chi connectivity index (χ4n) is 1.97. The summed E-state index contributed by atoms with van der Waals surface area (Å²) >= 11 is 3.39. The van der Waals surface area contributed by atoms with Crippen LogP contribution in [0.4, 0.5) is 5.69 Å². The number of carbonyl (C=O) groups excluding carboxylic acids is 1. The summed E-state index contributed by atoms with van der Waals surface area (Å²) in [5.41, 5.74) is 5.33. The van der Waals surface area contributed by atoms with Gasteiger partial charge in [0.1, 0.15) is 0 Å². The standard InChI is InChI=1S/C15H17BrN4O/c1-9-7-14(20-17)13(8-18-9)15(21)19-10(2)11-3-5-12(16)6-4-11/h3-8,10H,17H2,1-2H3,(H,18,20)(H,19,21). The lowest BCUT2D eigenvalue weighted by atomic mass is 10.1. The number of benzene rings is 1. The zero-order chi connectivity index (χ0) is 15.4. The van der Waals surface area contributed by atoms with E-state index in [9.17, 15) is 4.79 Å². The molecule has 1 amide bonds. The number of nitrogens with zero attached hydrogens (tertiary/aromatic N) is 1. The number of halogens is 1. The maximum Gasteiger partial charge on any atom is 0.255 e. The van der Waals surface area contributed by atoms with Crippen LogP contribution in [0.15, 0.2) is 41.0 Å². The Bertz CT molecular complexity index is 643. The SMILES string of the molecule is Cc1cc(NN)c(C(=O)NC(C)c2ccc(Br)cc2)cn1. The molecular weight excluding hydrogens is 332 g/mol. The van der Waals surface area contributed by atoms with Crippen molar-refractivity contribution in [3.05, 3.63) is 57.8 Å². The highest BCUT2D eigenvalue weighted by atomic mass is 79.9. The number of hydrogen-bond acceptors (Lipinski definition) is 4. The molecule has 110 valence electrons. The molecule has 2 rings (SSSR count). The van der Waals surface area contributed by atoms with Crippen molar-refractivity contribution in [2.45, 2.75) is 19.9 Å². The van der Waals surface area contributed by atoms with Gasteiger partial charge in [0.15, 0.2) is 0 Å². The molecule has 6 heteroatoms. The van der Waals surface area contributed by atoms with Gasteiger partial charge in [0, 0.05) is 16.4 Å². The first-order valence-corrected chi connectivity index (χ1v) is 7.30. The average Bonchev–Trinajstić information content (AvgIpc) is 2.47. The van der Waals surface area contributed by atoms with Gasteiger partial charge in [-0.2, -0.15) is 0 Å². The van der Waals surface area contributed by atoms with Crippen LogP contribution in [0.1, 0.15) is 34.6 Å². The topological polar surface area (TPSA) is 80.0 Å². The van der Waals surface area contributed by atoms with Crippen molar-refractivity contribution in [3.8, 4) is 0 Å². The van der Waals surface area contributed by atoms with E-state index in [-0.39, 0.29) is 11.9 Å². The van der Waals surface area contributed by atoms with Crippen LogP contribution in [0, 0.1) is 6.92 Å². The molecule has 1 heterocycles. The summed E-state index contributed by atoms with van der Waals surface area (Å²) in [4.78, 5) is 16.5. The minimum absolute atomic E-state index is 0.113. The van der Waals surface area contributed by atoms with Crippen LogP contribution >= 0.6 is 15.9 Å². The normalized spacial score (nSPS) is 11.8. The van der Waals surface area contributed by atoms with Crippen molar-refractivity contribution in [1.82, 2.24) is 10.3 Å². The van der Waals surface area contributed by atoms with Gasteiger partial charge in [-0.15, -0.1) is 0 Å². The first-order chi connectivity index (χ1) is 10.0. The molecule has 0 aliphatic heterocycles. The first-order valence-electron chi connectivity index (χ1n) is 6.51. The lowest BCUT2D eigenvalue weighted by Crippen LogP contribution is -2.28. The van der Waals surface area contributed by atoms with Gasteiger partial charge in [-0.1, -0.05) is 28.1 Å². The van der Waals surface area contributed by atoms with Gasteiger partial charge in [0.05, 0.1) is 17.3 Å². The predicted molar refractivity (Wildman–Crippen MR) is 86.8 cm³/mol. The fourth-order valence-corrected chi connectivity index (χ4v) is 2.23. The summed E-state index contributed by atoms with van der Waals surface area (Å²) < 4.78 is 1.00. The van der Waals surface area contributed by atoms with Gasteiger partial charge < -0.3 is 10.7 Å². The van der Waals surface area contributed by atoms with E-state index in [0.29, 0.717) is 11.3 Å². The van der Waals surface area contributed by atoms with E-state index in [2.05, 4.69) is 31.7 Å². The third-order valence-electron chi connectivity index (χ3n) is 3.16. The second-order valence-electron chi connectivity index (χ2n) is 4.76. The maximum atomic E-state index is 12.3. The highest BCUT2D eigenvalue weighted by Gasteiger charge is 2.15. The third kappa shape index (κ3) is 3.80. The molecule has 0 fully saturated rings. The molecular formula is C15H17BrN4O. The number of carbonyl (C=O) groups is 1. The number of nitrogens with two attached hydrogens (primary N) is 1. The largest absolute Gasteiger partial charge is 0.345 e. The number of aryl methyl sites for hydroxylation is 1. The van der Waals surface area contributed by atoms with E-state index in [4.69, 9.17) is 5.84 Å². The van der Waals surface area contributed by atoms with Crippen molar-refractivity contribution in [2.75, 3.05) is 5.43 Å². The monoisotopic (exact) mass is 348 g/mol. The molecule has 1 aromatic carbocycles. The van der Waals surface area contributed by atoms with Gasteiger partial charge in [-0.05, 0) is 37.6 Å². The Hall–Kier alpha value is -1.92. The Morgan fingerprint density at radius 2 is 2.00 bits per heavy atom. The number of nitrogen functional groups attached to an aromatic ring is 1. The zero-order valence-corrected chi connectivity index (χ0v) is 13.4. The average molecular weight is 349 g/mol. The lowest BCUT2D eigenvalue weighted by Gasteiger charge is -2.16. The summed E-state index contributed by atoms with van der Waals surface area (Å²) in [6.45, 7) is 3.77. The molecule has 1 aromatic heterocycles. The van der Waals surface area contributed by atoms with Crippen LogP contribution < -0.4 is 16.6 Å². The van der Waals surface area contributed by atoms with Crippen molar-refractivity contribution in [2.24, 2.45) is 5.84 Å². The first kappa shape index (κ1) is 15.5. The van der Waals surface area contributed by atoms with Gasteiger partial charge >= 0.3 is 0 Å². The van der Waals surface area contributed by atoms with Crippen LogP contribution in [-0.4, -0.2) is 10.9 Å². The van der Waals surface area contributed by atoms with Crippen LogP contribution in [-0.2, 0) is 0 Å². The number of rotatable bonds is 4. The van der Waals surface area contributed by atoms with Crippen LogP contribution in [0.5, 0.6) is 0 Å². The number of aromatic nitrogens is 1. The molecule has 0 aliphatic carbocycles.